The fourth-order valence-electron chi connectivity index (χ4n) is 2.10. The fourth-order valence-corrected chi connectivity index (χ4v) is 2.10. The quantitative estimate of drug-likeness (QED) is 0.869. The average molecular weight is 269 g/mol. The molecule has 2 aromatic rings. The Hall–Kier alpha value is -1.80. The maximum Gasteiger partial charge on any atom is 0.132 e. The molecular weight excluding hydrogens is 246 g/mol. The molecule has 0 radical (unpaired) electrons. The van der Waals surface area contributed by atoms with Gasteiger partial charge in [0, 0.05) is 11.6 Å². The van der Waals surface area contributed by atoms with Crippen LogP contribution in [0.15, 0.2) is 48.5 Å². The van der Waals surface area contributed by atoms with Crippen LogP contribution in [0.25, 0.3) is 0 Å². The Morgan fingerprint density at radius 2 is 1.55 bits per heavy atom. The summed E-state index contributed by atoms with van der Waals surface area (Å²) in [6, 6.07) is 16.1. The van der Waals surface area contributed by atoms with Crippen LogP contribution < -0.4 is 10.5 Å². The predicted molar refractivity (Wildman–Crippen MR) is 84.3 cm³/mol. The summed E-state index contributed by atoms with van der Waals surface area (Å²) in [5, 5.41) is 0. The minimum Gasteiger partial charge on any atom is -0.457 e. The van der Waals surface area contributed by atoms with E-state index in [4.69, 9.17) is 10.5 Å². The van der Waals surface area contributed by atoms with Crippen molar-refractivity contribution in [1.29, 1.82) is 0 Å². The van der Waals surface area contributed by atoms with E-state index in [1.807, 2.05) is 43.3 Å². The van der Waals surface area contributed by atoms with E-state index in [0.29, 0.717) is 0 Å². The summed E-state index contributed by atoms with van der Waals surface area (Å²) in [5.41, 5.74) is 8.44. The van der Waals surface area contributed by atoms with Gasteiger partial charge in [0.2, 0.25) is 0 Å². The lowest BCUT2D eigenvalue weighted by molar-refractivity contribution is 0.471. The zero-order chi connectivity index (χ0) is 14.8. The number of hydrogen-bond acceptors (Lipinski definition) is 2. The third kappa shape index (κ3) is 3.40. The van der Waals surface area contributed by atoms with Gasteiger partial charge in [-0.15, -0.1) is 0 Å². The number of rotatable bonds is 3. The van der Waals surface area contributed by atoms with E-state index < -0.39 is 0 Å². The smallest absolute Gasteiger partial charge is 0.132 e. The highest BCUT2D eigenvalue weighted by Crippen LogP contribution is 2.30. The van der Waals surface area contributed by atoms with Gasteiger partial charge < -0.3 is 10.5 Å². The average Bonchev–Trinajstić information content (AvgIpc) is 2.38. The third-order valence-electron chi connectivity index (χ3n) is 3.36. The first-order valence-corrected chi connectivity index (χ1v) is 7.01. The molecular formula is C18H23NO. The Balaban J connectivity index is 2.23. The molecule has 0 saturated carbocycles. The van der Waals surface area contributed by atoms with Gasteiger partial charge in [0.05, 0.1) is 0 Å². The molecule has 1 unspecified atom stereocenters. The van der Waals surface area contributed by atoms with E-state index in [9.17, 15) is 0 Å². The molecule has 0 aliphatic heterocycles. The van der Waals surface area contributed by atoms with Crippen LogP contribution in [-0.4, -0.2) is 0 Å². The molecule has 0 fully saturated rings. The van der Waals surface area contributed by atoms with Crippen molar-refractivity contribution in [3.63, 3.8) is 0 Å². The van der Waals surface area contributed by atoms with E-state index in [1.165, 1.54) is 5.56 Å². The van der Waals surface area contributed by atoms with Gasteiger partial charge >= 0.3 is 0 Å². The van der Waals surface area contributed by atoms with E-state index in [2.05, 4.69) is 32.9 Å². The highest BCUT2D eigenvalue weighted by molar-refractivity contribution is 5.40. The van der Waals surface area contributed by atoms with Crippen LogP contribution >= 0.6 is 0 Å². The highest BCUT2D eigenvalue weighted by Gasteiger charge is 2.13. The van der Waals surface area contributed by atoms with E-state index in [0.717, 1.165) is 17.1 Å². The molecule has 2 aromatic carbocycles. The molecule has 0 saturated heterocycles. The first kappa shape index (κ1) is 14.6. The molecule has 0 amide bonds. The second kappa shape index (κ2) is 5.68. The van der Waals surface area contributed by atoms with Crippen molar-refractivity contribution in [2.75, 3.05) is 0 Å². The molecule has 0 heterocycles. The Morgan fingerprint density at radius 3 is 2.10 bits per heavy atom. The van der Waals surface area contributed by atoms with Gasteiger partial charge in [-0.05, 0) is 36.1 Å². The van der Waals surface area contributed by atoms with Crippen molar-refractivity contribution in [3.8, 4) is 11.5 Å². The van der Waals surface area contributed by atoms with Gasteiger partial charge in [0.15, 0.2) is 0 Å². The van der Waals surface area contributed by atoms with Crippen molar-refractivity contribution in [2.24, 2.45) is 5.73 Å². The highest BCUT2D eigenvalue weighted by atomic mass is 16.5. The zero-order valence-corrected chi connectivity index (χ0v) is 12.7. The van der Waals surface area contributed by atoms with Crippen LogP contribution in [0.3, 0.4) is 0 Å². The standard InChI is InChI=1S/C18H23NO/c1-13(19)16-7-5-6-8-17(16)20-15-11-9-14(10-12-15)18(2,3)4/h5-13H,19H2,1-4H3. The molecule has 0 bridgehead atoms. The Kier molecular flexibility index (Phi) is 4.15. The second-order valence-corrected chi connectivity index (χ2v) is 6.20. The number of nitrogens with two attached hydrogens (primary N) is 1. The lowest BCUT2D eigenvalue weighted by Crippen LogP contribution is -2.10. The molecule has 2 nitrogen and oxygen atoms in total. The molecule has 0 aromatic heterocycles. The van der Waals surface area contributed by atoms with Crippen LogP contribution in [0.1, 0.15) is 44.9 Å². The maximum absolute atomic E-state index is 5.97. The van der Waals surface area contributed by atoms with Crippen LogP contribution in [0.4, 0.5) is 0 Å². The number of hydrogen-bond donors (Lipinski definition) is 1. The van der Waals surface area contributed by atoms with Gasteiger partial charge in [-0.1, -0.05) is 51.1 Å². The summed E-state index contributed by atoms with van der Waals surface area (Å²) < 4.78 is 5.96. The van der Waals surface area contributed by atoms with Crippen molar-refractivity contribution < 1.29 is 4.74 Å². The van der Waals surface area contributed by atoms with Crippen LogP contribution in [0.2, 0.25) is 0 Å². The Morgan fingerprint density at radius 1 is 0.950 bits per heavy atom. The van der Waals surface area contributed by atoms with Gasteiger partial charge in [-0.3, -0.25) is 0 Å². The number of ether oxygens (including phenoxy) is 1. The molecule has 2 N–H and O–H groups in total. The van der Waals surface area contributed by atoms with Crippen molar-refractivity contribution >= 4 is 0 Å². The number of para-hydroxylation sites is 1. The Labute approximate surface area is 121 Å². The minimum atomic E-state index is -0.0416. The van der Waals surface area contributed by atoms with Crippen LogP contribution in [0, 0.1) is 0 Å². The molecule has 20 heavy (non-hydrogen) atoms. The summed E-state index contributed by atoms with van der Waals surface area (Å²) >= 11 is 0. The van der Waals surface area contributed by atoms with Gasteiger partial charge in [-0.25, -0.2) is 0 Å². The fraction of sp³-hybridized carbons (Fsp3) is 0.333. The van der Waals surface area contributed by atoms with Gasteiger partial charge in [0.1, 0.15) is 11.5 Å². The molecule has 2 heteroatoms. The lowest BCUT2D eigenvalue weighted by Gasteiger charge is -2.19. The summed E-state index contributed by atoms with van der Waals surface area (Å²) in [6.45, 7) is 8.57. The van der Waals surface area contributed by atoms with Crippen molar-refractivity contribution in [2.45, 2.75) is 39.2 Å². The van der Waals surface area contributed by atoms with E-state index in [1.54, 1.807) is 0 Å². The minimum absolute atomic E-state index is 0.0416. The molecule has 0 aliphatic carbocycles. The topological polar surface area (TPSA) is 35.2 Å². The van der Waals surface area contributed by atoms with Crippen molar-refractivity contribution in [3.05, 3.63) is 59.7 Å². The maximum atomic E-state index is 5.97. The monoisotopic (exact) mass is 269 g/mol. The molecule has 1 atom stereocenters. The largest absolute Gasteiger partial charge is 0.457 e. The summed E-state index contributed by atoms with van der Waals surface area (Å²) in [4.78, 5) is 0. The van der Waals surface area contributed by atoms with E-state index >= 15 is 0 Å². The van der Waals surface area contributed by atoms with Gasteiger partial charge in [0.25, 0.3) is 0 Å². The first-order chi connectivity index (χ1) is 9.38. The Bertz CT molecular complexity index is 565. The summed E-state index contributed by atoms with van der Waals surface area (Å²) in [5.74, 6) is 1.66. The summed E-state index contributed by atoms with van der Waals surface area (Å²) in [7, 11) is 0. The normalized spacial score (nSPS) is 13.1. The molecule has 106 valence electrons. The third-order valence-corrected chi connectivity index (χ3v) is 3.36. The predicted octanol–water partition coefficient (Wildman–Crippen LogP) is 4.80. The lowest BCUT2D eigenvalue weighted by atomic mass is 9.87. The van der Waals surface area contributed by atoms with Gasteiger partial charge in [-0.2, -0.15) is 0 Å². The van der Waals surface area contributed by atoms with Crippen LogP contribution in [-0.2, 0) is 5.41 Å². The molecule has 0 aliphatic rings. The van der Waals surface area contributed by atoms with Crippen LogP contribution in [0.5, 0.6) is 11.5 Å². The second-order valence-electron chi connectivity index (χ2n) is 6.20. The van der Waals surface area contributed by atoms with E-state index in [-0.39, 0.29) is 11.5 Å². The zero-order valence-electron chi connectivity index (χ0n) is 12.7. The molecule has 0 spiro atoms. The summed E-state index contributed by atoms with van der Waals surface area (Å²) in [6.07, 6.45) is 0. The first-order valence-electron chi connectivity index (χ1n) is 7.01. The number of benzene rings is 2. The van der Waals surface area contributed by atoms with Crippen molar-refractivity contribution in [1.82, 2.24) is 0 Å². The SMILES string of the molecule is CC(N)c1ccccc1Oc1ccc(C(C)(C)C)cc1. The molecule has 2 rings (SSSR count).